The zero-order chi connectivity index (χ0) is 17.2. The first-order valence-electron chi connectivity index (χ1n) is 7.74. The fraction of sp³-hybridized carbons (Fsp3) is 0.588. The minimum Gasteiger partial charge on any atom is -0.507 e. The van der Waals surface area contributed by atoms with Gasteiger partial charge in [-0.3, -0.25) is 4.79 Å². The van der Waals surface area contributed by atoms with Gasteiger partial charge in [-0.25, -0.2) is 0 Å². The van der Waals surface area contributed by atoms with Crippen LogP contribution in [-0.2, 0) is 0 Å². The topological polar surface area (TPSA) is 49.8 Å². The second-order valence-electron chi connectivity index (χ2n) is 7.22. The monoisotopic (exact) mass is 323 g/mol. The normalized spacial score (nSPS) is 11.9. The molecule has 0 aliphatic carbocycles. The number of amides is 1. The summed E-state index contributed by atoms with van der Waals surface area (Å²) in [6.07, 6.45) is 0. The molecule has 5 heteroatoms. The van der Waals surface area contributed by atoms with Crippen molar-refractivity contribution in [1.29, 1.82) is 0 Å². The van der Waals surface area contributed by atoms with Crippen LogP contribution >= 0.6 is 0 Å². The largest absolute Gasteiger partial charge is 0.507 e. The fourth-order valence-electron chi connectivity index (χ4n) is 2.66. The van der Waals surface area contributed by atoms with E-state index in [2.05, 4.69) is 19.6 Å². The van der Waals surface area contributed by atoms with Crippen LogP contribution in [-0.4, -0.2) is 43.2 Å². The van der Waals surface area contributed by atoms with Gasteiger partial charge in [-0.1, -0.05) is 19.6 Å². The minimum absolute atomic E-state index is 0.0634. The maximum absolute atomic E-state index is 12.9. The van der Waals surface area contributed by atoms with E-state index in [1.807, 2.05) is 33.8 Å². The minimum atomic E-state index is -1.79. The number of hydrogen-bond acceptors (Lipinski definition) is 3. The quantitative estimate of drug-likeness (QED) is 0.847. The predicted octanol–water partition coefficient (Wildman–Crippen LogP) is 3.21. The predicted molar refractivity (Wildman–Crippen MR) is 94.1 cm³/mol. The number of methoxy groups -OCH3 is 1. The molecule has 0 saturated carbocycles. The maximum atomic E-state index is 12.9. The third-order valence-electron chi connectivity index (χ3n) is 3.70. The van der Waals surface area contributed by atoms with E-state index in [-0.39, 0.29) is 23.7 Å². The molecular formula is C17H29NO3Si. The molecule has 0 unspecified atom stereocenters. The Hall–Kier alpha value is -1.49. The van der Waals surface area contributed by atoms with E-state index in [1.165, 1.54) is 0 Å². The van der Waals surface area contributed by atoms with Gasteiger partial charge >= 0.3 is 0 Å². The molecule has 1 N–H and O–H groups in total. The summed E-state index contributed by atoms with van der Waals surface area (Å²) >= 11 is 0. The van der Waals surface area contributed by atoms with Crippen LogP contribution in [0.25, 0.3) is 0 Å². The number of ether oxygens (including phenoxy) is 1. The van der Waals surface area contributed by atoms with Gasteiger partial charge in [0.15, 0.2) is 0 Å². The Morgan fingerprint density at radius 1 is 1.14 bits per heavy atom. The van der Waals surface area contributed by atoms with Crippen molar-refractivity contribution in [3.05, 3.63) is 17.7 Å². The molecule has 124 valence electrons. The van der Waals surface area contributed by atoms with E-state index in [0.29, 0.717) is 11.3 Å². The van der Waals surface area contributed by atoms with E-state index in [9.17, 15) is 9.90 Å². The molecule has 1 rings (SSSR count). The van der Waals surface area contributed by atoms with Crippen molar-refractivity contribution < 1.29 is 14.6 Å². The van der Waals surface area contributed by atoms with E-state index in [0.717, 1.165) is 5.19 Å². The van der Waals surface area contributed by atoms with Crippen LogP contribution in [0, 0.1) is 0 Å². The average Bonchev–Trinajstić information content (AvgIpc) is 2.36. The van der Waals surface area contributed by atoms with Gasteiger partial charge in [0.1, 0.15) is 11.5 Å². The first-order valence-corrected chi connectivity index (χ1v) is 11.2. The Labute approximate surface area is 135 Å². The Morgan fingerprint density at radius 2 is 1.64 bits per heavy atom. The van der Waals surface area contributed by atoms with Crippen molar-refractivity contribution in [3.8, 4) is 11.5 Å². The van der Waals surface area contributed by atoms with E-state index in [1.54, 1.807) is 18.1 Å². The molecule has 0 aliphatic rings. The van der Waals surface area contributed by atoms with Gasteiger partial charge in [0.25, 0.3) is 5.91 Å². The van der Waals surface area contributed by atoms with Crippen molar-refractivity contribution in [2.24, 2.45) is 0 Å². The Bertz CT molecular complexity index is 540. The summed E-state index contributed by atoms with van der Waals surface area (Å²) in [7, 11) is -0.212. The highest BCUT2D eigenvalue weighted by molar-refractivity contribution is 6.89. The molecular weight excluding hydrogens is 294 g/mol. The molecule has 1 aromatic carbocycles. The summed E-state index contributed by atoms with van der Waals surface area (Å²) in [6, 6.07) is 3.62. The molecule has 4 nitrogen and oxygen atoms in total. The van der Waals surface area contributed by atoms with Gasteiger partial charge in [-0.15, -0.1) is 0 Å². The number of nitrogens with zero attached hydrogens (tertiary/aromatic N) is 1. The lowest BCUT2D eigenvalue weighted by molar-refractivity contribution is 0.0640. The number of aromatic hydroxyl groups is 1. The van der Waals surface area contributed by atoms with Crippen molar-refractivity contribution in [2.45, 2.75) is 59.4 Å². The summed E-state index contributed by atoms with van der Waals surface area (Å²) in [5, 5.41) is 11.5. The van der Waals surface area contributed by atoms with Crippen LogP contribution in [0.3, 0.4) is 0 Å². The fourth-order valence-corrected chi connectivity index (χ4v) is 4.09. The number of carbonyl (C=O) groups is 1. The third-order valence-corrected chi connectivity index (χ3v) is 5.70. The van der Waals surface area contributed by atoms with Crippen LogP contribution in [0.2, 0.25) is 19.6 Å². The third kappa shape index (κ3) is 3.83. The van der Waals surface area contributed by atoms with Gasteiger partial charge in [0.05, 0.1) is 20.7 Å². The van der Waals surface area contributed by atoms with Crippen LogP contribution in [0.15, 0.2) is 12.1 Å². The smallest absolute Gasteiger partial charge is 0.258 e. The Balaban J connectivity index is 3.49. The lowest BCUT2D eigenvalue weighted by atomic mass is 10.1. The highest BCUT2D eigenvalue weighted by Crippen LogP contribution is 2.27. The highest BCUT2D eigenvalue weighted by Gasteiger charge is 2.29. The molecule has 0 radical (unpaired) electrons. The first-order chi connectivity index (χ1) is 10.0. The molecule has 0 aliphatic heterocycles. The lowest BCUT2D eigenvalue weighted by Gasteiger charge is -2.32. The first kappa shape index (κ1) is 18.6. The second kappa shape index (κ2) is 6.73. The van der Waals surface area contributed by atoms with Gasteiger partial charge in [0.2, 0.25) is 0 Å². The molecule has 1 amide bonds. The number of carbonyl (C=O) groups excluding carboxylic acids is 1. The number of phenols is 1. The van der Waals surface area contributed by atoms with Crippen molar-refractivity contribution in [2.75, 3.05) is 7.11 Å². The molecule has 0 aromatic heterocycles. The van der Waals surface area contributed by atoms with Crippen molar-refractivity contribution in [1.82, 2.24) is 4.90 Å². The zero-order valence-corrected chi connectivity index (χ0v) is 16.0. The van der Waals surface area contributed by atoms with Crippen LogP contribution < -0.4 is 9.92 Å². The summed E-state index contributed by atoms with van der Waals surface area (Å²) in [5.74, 6) is 0.572. The highest BCUT2D eigenvalue weighted by atomic mass is 28.3. The van der Waals surface area contributed by atoms with Crippen molar-refractivity contribution in [3.63, 3.8) is 0 Å². The van der Waals surface area contributed by atoms with Crippen LogP contribution in [0.1, 0.15) is 38.1 Å². The average molecular weight is 324 g/mol. The zero-order valence-electron chi connectivity index (χ0n) is 15.0. The molecule has 0 heterocycles. The van der Waals surface area contributed by atoms with Gasteiger partial charge in [0, 0.05) is 12.1 Å². The molecule has 0 saturated heterocycles. The van der Waals surface area contributed by atoms with Gasteiger partial charge in [-0.05, 0) is 45.0 Å². The number of benzene rings is 1. The Morgan fingerprint density at radius 3 is 2.00 bits per heavy atom. The number of rotatable bonds is 5. The van der Waals surface area contributed by atoms with Crippen LogP contribution in [0.4, 0.5) is 0 Å². The molecule has 22 heavy (non-hydrogen) atoms. The van der Waals surface area contributed by atoms with E-state index in [4.69, 9.17) is 4.74 Å². The lowest BCUT2D eigenvalue weighted by Crippen LogP contribution is -2.43. The molecule has 0 atom stereocenters. The summed E-state index contributed by atoms with van der Waals surface area (Å²) in [6.45, 7) is 14.3. The molecule has 0 bridgehead atoms. The van der Waals surface area contributed by atoms with E-state index >= 15 is 0 Å². The molecule has 0 fully saturated rings. The Kier molecular flexibility index (Phi) is 5.68. The van der Waals surface area contributed by atoms with E-state index < -0.39 is 8.07 Å². The van der Waals surface area contributed by atoms with Gasteiger partial charge < -0.3 is 14.7 Å². The van der Waals surface area contributed by atoms with Gasteiger partial charge in [-0.2, -0.15) is 0 Å². The van der Waals surface area contributed by atoms with Crippen LogP contribution in [0.5, 0.6) is 11.5 Å². The molecule has 0 spiro atoms. The summed E-state index contributed by atoms with van der Waals surface area (Å²) in [4.78, 5) is 14.7. The SMILES string of the molecule is COc1cc(C(=O)N(C(C)C)C(C)C)c(O)c([Si](C)(C)C)c1. The number of phenolic OH excluding ortho intramolecular Hbond substituents is 1. The summed E-state index contributed by atoms with van der Waals surface area (Å²) < 4.78 is 5.34. The summed E-state index contributed by atoms with van der Waals surface area (Å²) in [5.41, 5.74) is 0.333. The maximum Gasteiger partial charge on any atom is 0.258 e. The standard InChI is InChI=1S/C17H29NO3Si/c1-11(2)18(12(3)4)17(20)14-9-13(21-5)10-15(16(14)19)22(6,7)8/h9-12,19H,1-8H3. The second-order valence-corrected chi connectivity index (χ2v) is 12.3. The number of hydrogen-bond donors (Lipinski definition) is 1. The molecule has 1 aromatic rings. The van der Waals surface area contributed by atoms with Crippen molar-refractivity contribution >= 4 is 19.2 Å².